The molecule has 0 saturated heterocycles. The number of alkyl carbamates (subject to hydrolysis) is 1. The highest BCUT2D eigenvalue weighted by molar-refractivity contribution is 14.1. The van der Waals surface area contributed by atoms with Crippen molar-refractivity contribution in [3.05, 3.63) is 27.1 Å². The summed E-state index contributed by atoms with van der Waals surface area (Å²) in [4.78, 5) is 15.7. The lowest BCUT2D eigenvalue weighted by Gasteiger charge is -2.19. The first kappa shape index (κ1) is 14.2. The van der Waals surface area contributed by atoms with Crippen LogP contribution in [0, 0.1) is 10.6 Å². The highest BCUT2D eigenvalue weighted by Crippen LogP contribution is 2.10. The molecule has 0 aliphatic carbocycles. The summed E-state index contributed by atoms with van der Waals surface area (Å²) in [5, 5.41) is 2.70. The first-order valence-electron chi connectivity index (χ1n) is 5.36. The predicted octanol–water partition coefficient (Wildman–Crippen LogP) is 3.02. The molecule has 0 spiro atoms. The number of halogens is 1. The number of aryl methyl sites for hydroxylation is 1. The Morgan fingerprint density at radius 2 is 2.18 bits per heavy atom. The van der Waals surface area contributed by atoms with Gasteiger partial charge >= 0.3 is 6.09 Å². The van der Waals surface area contributed by atoms with Crippen molar-refractivity contribution in [2.45, 2.75) is 39.8 Å². The molecule has 4 nitrogen and oxygen atoms in total. The Hall–Kier alpha value is -0.850. The van der Waals surface area contributed by atoms with Crippen molar-refractivity contribution in [2.75, 3.05) is 0 Å². The maximum absolute atomic E-state index is 11.4. The van der Waals surface area contributed by atoms with Crippen molar-refractivity contribution in [3.8, 4) is 0 Å². The lowest BCUT2D eigenvalue weighted by Crippen LogP contribution is -2.32. The Balaban J connectivity index is 2.50. The lowest BCUT2D eigenvalue weighted by atomic mass is 10.2. The molecule has 0 radical (unpaired) electrons. The summed E-state index contributed by atoms with van der Waals surface area (Å²) >= 11 is 2.18. The summed E-state index contributed by atoms with van der Waals surface area (Å²) in [5.41, 5.74) is 1.60. The second-order valence-corrected chi connectivity index (χ2v) is 5.83. The molecule has 0 saturated carbocycles. The minimum absolute atomic E-state index is 0.409. The van der Waals surface area contributed by atoms with Crippen LogP contribution in [-0.4, -0.2) is 16.7 Å². The molecule has 1 N–H and O–H groups in total. The molecular weight excluding hydrogens is 331 g/mol. The molecule has 1 aromatic rings. The zero-order valence-corrected chi connectivity index (χ0v) is 12.7. The van der Waals surface area contributed by atoms with Gasteiger partial charge in [0.25, 0.3) is 0 Å². The molecule has 1 aromatic heterocycles. The van der Waals surface area contributed by atoms with Gasteiger partial charge in [-0.15, -0.1) is 0 Å². The van der Waals surface area contributed by atoms with Crippen molar-refractivity contribution < 1.29 is 9.53 Å². The monoisotopic (exact) mass is 348 g/mol. The Morgan fingerprint density at radius 3 is 2.71 bits per heavy atom. The van der Waals surface area contributed by atoms with Crippen LogP contribution in [-0.2, 0) is 11.3 Å². The molecule has 0 unspecified atom stereocenters. The first-order chi connectivity index (χ1) is 7.78. The Morgan fingerprint density at radius 1 is 1.53 bits per heavy atom. The van der Waals surface area contributed by atoms with Gasteiger partial charge in [-0.05, 0) is 61.4 Å². The predicted molar refractivity (Wildman–Crippen MR) is 74.8 cm³/mol. The fourth-order valence-electron chi connectivity index (χ4n) is 1.20. The van der Waals surface area contributed by atoms with E-state index in [4.69, 9.17) is 4.74 Å². The number of pyridine rings is 1. The molecule has 0 bridgehead atoms. The normalized spacial score (nSPS) is 11.1. The van der Waals surface area contributed by atoms with Gasteiger partial charge in [-0.3, -0.25) is 0 Å². The second kappa shape index (κ2) is 5.66. The summed E-state index contributed by atoms with van der Waals surface area (Å²) < 4.78 is 6.12. The number of carbonyl (C=O) groups is 1. The van der Waals surface area contributed by atoms with Crippen molar-refractivity contribution in [3.63, 3.8) is 0 Å². The first-order valence-corrected chi connectivity index (χ1v) is 6.44. The number of ether oxygens (including phenoxy) is 1. The zero-order chi connectivity index (χ0) is 13.1. The smallest absolute Gasteiger partial charge is 0.407 e. The Kier molecular flexibility index (Phi) is 4.73. The van der Waals surface area contributed by atoms with E-state index in [1.807, 2.05) is 33.8 Å². The van der Waals surface area contributed by atoms with E-state index in [1.165, 1.54) is 0 Å². The number of aromatic nitrogens is 1. The number of nitrogens with zero attached hydrogens (tertiary/aromatic N) is 1. The van der Waals surface area contributed by atoms with Crippen LogP contribution in [0.25, 0.3) is 0 Å². The summed E-state index contributed by atoms with van der Waals surface area (Å²) in [6.45, 7) is 7.93. The number of rotatable bonds is 2. The van der Waals surface area contributed by atoms with Crippen molar-refractivity contribution in [1.82, 2.24) is 10.3 Å². The van der Waals surface area contributed by atoms with E-state index in [-0.39, 0.29) is 0 Å². The minimum Gasteiger partial charge on any atom is -0.444 e. The van der Waals surface area contributed by atoms with Crippen molar-refractivity contribution in [2.24, 2.45) is 0 Å². The standard InChI is InChI=1S/C12H17IN2O2/c1-8-5-9(6-14-10(8)13)7-15-11(16)17-12(2,3)4/h5-6H,7H2,1-4H3,(H,15,16). The van der Waals surface area contributed by atoms with Crippen LogP contribution in [0.3, 0.4) is 0 Å². The maximum atomic E-state index is 11.4. The summed E-state index contributed by atoms with van der Waals surface area (Å²) in [6.07, 6.45) is 1.35. The quantitative estimate of drug-likeness (QED) is 0.660. The third kappa shape index (κ3) is 5.34. The van der Waals surface area contributed by atoms with Crippen LogP contribution >= 0.6 is 22.6 Å². The number of carbonyl (C=O) groups excluding carboxylic acids is 1. The minimum atomic E-state index is -0.468. The van der Waals surface area contributed by atoms with Crippen LogP contribution < -0.4 is 5.32 Å². The van der Waals surface area contributed by atoms with Gasteiger partial charge in [-0.25, -0.2) is 9.78 Å². The fraction of sp³-hybridized carbons (Fsp3) is 0.500. The molecule has 1 heterocycles. The topological polar surface area (TPSA) is 51.2 Å². The van der Waals surface area contributed by atoms with Gasteiger partial charge < -0.3 is 10.1 Å². The van der Waals surface area contributed by atoms with E-state index in [9.17, 15) is 4.79 Å². The maximum Gasteiger partial charge on any atom is 0.407 e. The Bertz CT molecular complexity index is 413. The van der Waals surface area contributed by atoms with Gasteiger partial charge in [-0.1, -0.05) is 6.07 Å². The molecule has 0 aliphatic rings. The fourth-order valence-corrected chi connectivity index (χ4v) is 1.50. The molecule has 0 aliphatic heterocycles. The van der Waals surface area contributed by atoms with Gasteiger partial charge in [-0.2, -0.15) is 0 Å². The molecule has 5 heteroatoms. The van der Waals surface area contributed by atoms with E-state index < -0.39 is 11.7 Å². The Labute approximate surface area is 115 Å². The highest BCUT2D eigenvalue weighted by atomic mass is 127. The van der Waals surface area contributed by atoms with Crippen molar-refractivity contribution in [1.29, 1.82) is 0 Å². The van der Waals surface area contributed by atoms with Gasteiger partial charge in [0.05, 0.1) is 0 Å². The lowest BCUT2D eigenvalue weighted by molar-refractivity contribution is 0.0523. The molecule has 0 atom stereocenters. The van der Waals surface area contributed by atoms with Crippen LogP contribution in [0.2, 0.25) is 0 Å². The molecular formula is C12H17IN2O2. The van der Waals surface area contributed by atoms with E-state index in [1.54, 1.807) is 6.20 Å². The number of hydrogen-bond donors (Lipinski definition) is 1. The molecule has 1 amide bonds. The van der Waals surface area contributed by atoms with Crippen LogP contribution in [0.15, 0.2) is 12.3 Å². The third-order valence-electron chi connectivity index (χ3n) is 1.91. The van der Waals surface area contributed by atoms with Gasteiger partial charge in [0, 0.05) is 12.7 Å². The molecule has 0 fully saturated rings. The SMILES string of the molecule is Cc1cc(CNC(=O)OC(C)(C)C)cnc1I. The average molecular weight is 348 g/mol. The summed E-state index contributed by atoms with van der Waals surface area (Å²) in [6, 6.07) is 2.01. The molecule has 1 rings (SSSR count). The van der Waals surface area contributed by atoms with E-state index in [2.05, 4.69) is 32.9 Å². The van der Waals surface area contributed by atoms with Gasteiger partial charge in [0.2, 0.25) is 0 Å². The number of nitrogens with one attached hydrogen (secondary N) is 1. The molecule has 0 aromatic carbocycles. The van der Waals surface area contributed by atoms with E-state index in [0.717, 1.165) is 14.8 Å². The van der Waals surface area contributed by atoms with Crippen LogP contribution in [0.5, 0.6) is 0 Å². The zero-order valence-electron chi connectivity index (χ0n) is 10.5. The number of hydrogen-bond acceptors (Lipinski definition) is 3. The molecule has 17 heavy (non-hydrogen) atoms. The summed E-state index contributed by atoms with van der Waals surface area (Å²) in [7, 11) is 0. The average Bonchev–Trinajstić information content (AvgIpc) is 2.17. The van der Waals surface area contributed by atoms with E-state index in [0.29, 0.717) is 6.54 Å². The number of amides is 1. The van der Waals surface area contributed by atoms with Crippen LogP contribution in [0.4, 0.5) is 4.79 Å². The largest absolute Gasteiger partial charge is 0.444 e. The van der Waals surface area contributed by atoms with Crippen molar-refractivity contribution >= 4 is 28.7 Å². The van der Waals surface area contributed by atoms with Gasteiger partial charge in [0.1, 0.15) is 9.30 Å². The molecule has 94 valence electrons. The van der Waals surface area contributed by atoms with Gasteiger partial charge in [0.15, 0.2) is 0 Å². The highest BCUT2D eigenvalue weighted by Gasteiger charge is 2.15. The third-order valence-corrected chi connectivity index (χ3v) is 3.04. The van der Waals surface area contributed by atoms with Crippen LogP contribution in [0.1, 0.15) is 31.9 Å². The van der Waals surface area contributed by atoms with E-state index >= 15 is 0 Å². The second-order valence-electron chi connectivity index (χ2n) is 4.81. The summed E-state index contributed by atoms with van der Waals surface area (Å²) in [5.74, 6) is 0.